The number of terminal acetylenes is 2. The second kappa shape index (κ2) is 5.13. The van der Waals surface area contributed by atoms with Crippen LogP contribution in [0.3, 0.4) is 0 Å². The quantitative estimate of drug-likeness (QED) is 0.672. The van der Waals surface area contributed by atoms with Crippen molar-refractivity contribution in [2.45, 2.75) is 13.8 Å². The van der Waals surface area contributed by atoms with Crippen LogP contribution in [0.15, 0.2) is 18.2 Å². The number of aryl methyl sites for hydroxylation is 2. The lowest BCUT2D eigenvalue weighted by Crippen LogP contribution is -2.25. The van der Waals surface area contributed by atoms with Gasteiger partial charge in [-0.3, -0.25) is 0 Å². The minimum atomic E-state index is 0.551. The van der Waals surface area contributed by atoms with E-state index in [4.69, 9.17) is 12.8 Å². The molecule has 0 aliphatic heterocycles. The molecule has 0 bridgehead atoms. The zero-order valence-corrected chi connectivity index (χ0v) is 9.25. The number of rotatable bonds is 3. The van der Waals surface area contributed by atoms with Crippen LogP contribution < -0.4 is 4.90 Å². The van der Waals surface area contributed by atoms with Gasteiger partial charge in [0.05, 0.1) is 13.1 Å². The lowest BCUT2D eigenvalue weighted by atomic mass is 10.1. The van der Waals surface area contributed by atoms with Gasteiger partial charge in [0.1, 0.15) is 0 Å². The van der Waals surface area contributed by atoms with Gasteiger partial charge in [0.25, 0.3) is 0 Å². The third-order valence-corrected chi connectivity index (χ3v) is 2.32. The molecule has 0 spiro atoms. The molecular weight excluding hydrogens is 182 g/mol. The third kappa shape index (κ3) is 2.55. The zero-order valence-electron chi connectivity index (χ0n) is 9.25. The molecular formula is C14H15N. The molecule has 0 unspecified atom stereocenters. The van der Waals surface area contributed by atoms with Gasteiger partial charge in [0.15, 0.2) is 0 Å². The van der Waals surface area contributed by atoms with Crippen LogP contribution in [0, 0.1) is 38.5 Å². The topological polar surface area (TPSA) is 3.24 Å². The molecule has 0 heterocycles. The normalized spacial score (nSPS) is 9.07. The van der Waals surface area contributed by atoms with Crippen molar-refractivity contribution in [1.82, 2.24) is 0 Å². The van der Waals surface area contributed by atoms with Crippen molar-refractivity contribution >= 4 is 5.69 Å². The highest BCUT2D eigenvalue weighted by atomic mass is 15.1. The Kier molecular flexibility index (Phi) is 3.83. The molecule has 0 fully saturated rings. The maximum Gasteiger partial charge on any atom is 0.0801 e. The summed E-state index contributed by atoms with van der Waals surface area (Å²) in [5.74, 6) is 5.27. The standard InChI is InChI=1S/C14H15N/c1-5-10-15(11-6-2)14-12(3)8-7-9-13(14)4/h1-2,7-9H,10-11H2,3-4H3. The molecule has 0 saturated carbocycles. The fourth-order valence-electron chi connectivity index (χ4n) is 1.74. The smallest absolute Gasteiger partial charge is 0.0801 e. The summed E-state index contributed by atoms with van der Waals surface area (Å²) >= 11 is 0. The van der Waals surface area contributed by atoms with Crippen LogP contribution in [0.5, 0.6) is 0 Å². The Balaban J connectivity index is 3.12. The van der Waals surface area contributed by atoms with Crippen molar-refractivity contribution in [3.05, 3.63) is 29.3 Å². The number of para-hydroxylation sites is 1. The predicted octanol–water partition coefficient (Wildman–Crippen LogP) is 2.38. The lowest BCUT2D eigenvalue weighted by Gasteiger charge is -2.23. The molecule has 0 saturated heterocycles. The van der Waals surface area contributed by atoms with E-state index in [1.165, 1.54) is 11.1 Å². The van der Waals surface area contributed by atoms with E-state index in [-0.39, 0.29) is 0 Å². The van der Waals surface area contributed by atoms with Gasteiger partial charge in [0.2, 0.25) is 0 Å². The van der Waals surface area contributed by atoms with Crippen LogP contribution in [0.25, 0.3) is 0 Å². The largest absolute Gasteiger partial charge is 0.349 e. The maximum atomic E-state index is 5.34. The monoisotopic (exact) mass is 197 g/mol. The van der Waals surface area contributed by atoms with Crippen molar-refractivity contribution in [3.8, 4) is 24.7 Å². The summed E-state index contributed by atoms with van der Waals surface area (Å²) in [6, 6.07) is 6.18. The molecule has 15 heavy (non-hydrogen) atoms. The van der Waals surface area contributed by atoms with Gasteiger partial charge in [-0.15, -0.1) is 12.8 Å². The van der Waals surface area contributed by atoms with E-state index in [2.05, 4.69) is 37.8 Å². The average Bonchev–Trinajstić information content (AvgIpc) is 2.18. The number of benzene rings is 1. The lowest BCUT2D eigenvalue weighted by molar-refractivity contribution is 0.969. The SMILES string of the molecule is C#CCN(CC#C)c1c(C)cccc1C. The molecule has 1 aromatic carbocycles. The van der Waals surface area contributed by atoms with E-state index in [1.54, 1.807) is 0 Å². The first-order valence-electron chi connectivity index (χ1n) is 4.88. The summed E-state index contributed by atoms with van der Waals surface area (Å²) in [5.41, 5.74) is 3.58. The highest BCUT2D eigenvalue weighted by molar-refractivity contribution is 5.60. The molecule has 0 atom stereocenters. The first-order valence-corrected chi connectivity index (χ1v) is 4.88. The summed E-state index contributed by atoms with van der Waals surface area (Å²) in [6.07, 6.45) is 10.7. The maximum absolute atomic E-state index is 5.34. The molecule has 76 valence electrons. The van der Waals surface area contributed by atoms with Gasteiger partial charge in [0, 0.05) is 5.69 Å². The van der Waals surface area contributed by atoms with E-state index >= 15 is 0 Å². The fourth-order valence-corrected chi connectivity index (χ4v) is 1.74. The minimum absolute atomic E-state index is 0.551. The minimum Gasteiger partial charge on any atom is -0.349 e. The van der Waals surface area contributed by atoms with Crippen molar-refractivity contribution in [1.29, 1.82) is 0 Å². The molecule has 0 amide bonds. The van der Waals surface area contributed by atoms with Gasteiger partial charge in [-0.05, 0) is 25.0 Å². The van der Waals surface area contributed by atoms with E-state index in [9.17, 15) is 0 Å². The second-order valence-corrected chi connectivity index (χ2v) is 3.50. The van der Waals surface area contributed by atoms with Crippen LogP contribution in [-0.4, -0.2) is 13.1 Å². The number of anilines is 1. The average molecular weight is 197 g/mol. The molecule has 1 rings (SSSR count). The molecule has 1 nitrogen and oxygen atoms in total. The summed E-state index contributed by atoms with van der Waals surface area (Å²) in [6.45, 7) is 5.25. The number of hydrogen-bond acceptors (Lipinski definition) is 1. The summed E-state index contributed by atoms with van der Waals surface area (Å²) in [5, 5.41) is 0. The summed E-state index contributed by atoms with van der Waals surface area (Å²) < 4.78 is 0. The summed E-state index contributed by atoms with van der Waals surface area (Å²) in [7, 11) is 0. The highest BCUT2D eigenvalue weighted by Gasteiger charge is 2.09. The summed E-state index contributed by atoms with van der Waals surface area (Å²) in [4.78, 5) is 2.05. The van der Waals surface area contributed by atoms with E-state index in [0.717, 1.165) is 5.69 Å². The van der Waals surface area contributed by atoms with Crippen LogP contribution in [0.4, 0.5) is 5.69 Å². The second-order valence-electron chi connectivity index (χ2n) is 3.50. The van der Waals surface area contributed by atoms with Crippen LogP contribution in [0.2, 0.25) is 0 Å². The van der Waals surface area contributed by atoms with Gasteiger partial charge < -0.3 is 4.90 Å². The molecule has 0 aliphatic rings. The number of nitrogens with zero attached hydrogens (tertiary/aromatic N) is 1. The van der Waals surface area contributed by atoms with Gasteiger partial charge >= 0.3 is 0 Å². The van der Waals surface area contributed by atoms with Crippen LogP contribution in [0.1, 0.15) is 11.1 Å². The zero-order chi connectivity index (χ0) is 11.3. The Morgan fingerprint density at radius 3 is 1.93 bits per heavy atom. The van der Waals surface area contributed by atoms with Crippen LogP contribution in [-0.2, 0) is 0 Å². The Hall–Kier alpha value is -1.86. The number of hydrogen-bond donors (Lipinski definition) is 0. The van der Waals surface area contributed by atoms with E-state index in [0.29, 0.717) is 13.1 Å². The van der Waals surface area contributed by atoms with Gasteiger partial charge in [-0.2, -0.15) is 0 Å². The third-order valence-electron chi connectivity index (χ3n) is 2.32. The Bertz CT molecular complexity index is 382. The first-order chi connectivity index (χ1) is 7.20. The molecule has 1 aromatic rings. The molecule has 0 aliphatic carbocycles. The van der Waals surface area contributed by atoms with Crippen molar-refractivity contribution in [2.75, 3.05) is 18.0 Å². The van der Waals surface area contributed by atoms with E-state index < -0.39 is 0 Å². The molecule has 0 radical (unpaired) electrons. The first kappa shape index (κ1) is 11.2. The molecule has 0 N–H and O–H groups in total. The van der Waals surface area contributed by atoms with Gasteiger partial charge in [-0.25, -0.2) is 0 Å². The van der Waals surface area contributed by atoms with E-state index in [1.807, 2.05) is 11.0 Å². The fraction of sp³-hybridized carbons (Fsp3) is 0.286. The van der Waals surface area contributed by atoms with Crippen molar-refractivity contribution < 1.29 is 0 Å². The predicted molar refractivity (Wildman–Crippen MR) is 65.8 cm³/mol. The van der Waals surface area contributed by atoms with Gasteiger partial charge in [-0.1, -0.05) is 30.0 Å². The van der Waals surface area contributed by atoms with Crippen LogP contribution >= 0.6 is 0 Å². The van der Waals surface area contributed by atoms with Crippen molar-refractivity contribution in [2.24, 2.45) is 0 Å². The Labute approximate surface area is 92.1 Å². The Morgan fingerprint density at radius 1 is 1.07 bits per heavy atom. The van der Waals surface area contributed by atoms with Crippen molar-refractivity contribution in [3.63, 3.8) is 0 Å². The highest BCUT2D eigenvalue weighted by Crippen LogP contribution is 2.23. The Morgan fingerprint density at radius 2 is 1.53 bits per heavy atom. The molecule has 0 aromatic heterocycles. The molecule has 1 heteroatoms.